The van der Waals surface area contributed by atoms with Crippen molar-refractivity contribution in [3.8, 4) is 0 Å². The van der Waals surface area contributed by atoms with Gasteiger partial charge >= 0.3 is 0 Å². The first-order valence-corrected chi connectivity index (χ1v) is 6.21. The maximum absolute atomic E-state index is 5.67. The molecular formula is C13H21N3S. The highest BCUT2D eigenvalue weighted by Crippen LogP contribution is 2.21. The van der Waals surface area contributed by atoms with Crippen molar-refractivity contribution in [2.24, 2.45) is 5.73 Å². The zero-order valence-electron chi connectivity index (χ0n) is 11.0. The molecule has 0 radical (unpaired) electrons. The largest absolute Gasteiger partial charge is 0.376 e. The van der Waals surface area contributed by atoms with E-state index >= 15 is 0 Å². The van der Waals surface area contributed by atoms with Gasteiger partial charge in [-0.05, 0) is 57.9 Å². The summed E-state index contributed by atoms with van der Waals surface area (Å²) in [6.07, 6.45) is 0. The Bertz CT molecular complexity index is 373. The van der Waals surface area contributed by atoms with Crippen LogP contribution in [0.1, 0.15) is 25.5 Å². The molecule has 0 spiro atoms. The van der Waals surface area contributed by atoms with E-state index in [9.17, 15) is 0 Å². The lowest BCUT2D eigenvalue weighted by molar-refractivity contribution is 0.321. The Morgan fingerprint density at radius 1 is 1.29 bits per heavy atom. The zero-order chi connectivity index (χ0) is 13.0. The monoisotopic (exact) mass is 251 g/mol. The van der Waals surface area contributed by atoms with E-state index < -0.39 is 0 Å². The molecule has 1 unspecified atom stereocenters. The molecule has 3 nitrogen and oxygen atoms in total. The normalized spacial score (nSPS) is 12.5. The minimum atomic E-state index is 0.406. The van der Waals surface area contributed by atoms with Gasteiger partial charge in [0.2, 0.25) is 0 Å². The first kappa shape index (κ1) is 13.9. The van der Waals surface area contributed by atoms with Crippen molar-refractivity contribution in [3.63, 3.8) is 0 Å². The SMILES string of the molecule is CCN(C(N)=S)c1ccc(C(C)N(C)C)cc1. The van der Waals surface area contributed by atoms with Crippen LogP contribution < -0.4 is 10.6 Å². The number of hydrogen-bond donors (Lipinski definition) is 1. The van der Waals surface area contributed by atoms with Gasteiger partial charge in [-0.25, -0.2) is 0 Å². The second-order valence-corrected chi connectivity index (χ2v) is 4.73. The van der Waals surface area contributed by atoms with Crippen molar-refractivity contribution in [2.75, 3.05) is 25.5 Å². The fourth-order valence-corrected chi connectivity index (χ4v) is 1.93. The van der Waals surface area contributed by atoms with Crippen LogP contribution in [0, 0.1) is 0 Å². The summed E-state index contributed by atoms with van der Waals surface area (Å²) in [5.74, 6) is 0. The molecule has 0 aliphatic carbocycles. The molecular weight excluding hydrogens is 230 g/mol. The third-order valence-electron chi connectivity index (χ3n) is 3.04. The molecule has 0 aliphatic heterocycles. The summed E-state index contributed by atoms with van der Waals surface area (Å²) in [5.41, 5.74) is 8.01. The van der Waals surface area contributed by atoms with Crippen molar-refractivity contribution in [1.29, 1.82) is 0 Å². The lowest BCUT2D eigenvalue weighted by Gasteiger charge is -2.23. The molecule has 0 saturated carbocycles. The smallest absolute Gasteiger partial charge is 0.170 e. The van der Waals surface area contributed by atoms with E-state index in [1.165, 1.54) is 5.56 Å². The van der Waals surface area contributed by atoms with E-state index in [0.29, 0.717) is 11.2 Å². The molecule has 94 valence electrons. The van der Waals surface area contributed by atoms with Crippen LogP contribution in [0.25, 0.3) is 0 Å². The van der Waals surface area contributed by atoms with Crippen LogP contribution in [0.3, 0.4) is 0 Å². The predicted octanol–water partition coefficient (Wildman–Crippen LogP) is 2.38. The van der Waals surface area contributed by atoms with Crippen molar-refractivity contribution >= 4 is 23.0 Å². The Kier molecular flexibility index (Phi) is 4.90. The van der Waals surface area contributed by atoms with Gasteiger partial charge in [0, 0.05) is 18.3 Å². The number of nitrogens with two attached hydrogens (primary N) is 1. The maximum atomic E-state index is 5.67. The highest BCUT2D eigenvalue weighted by atomic mass is 32.1. The average Bonchev–Trinajstić information content (AvgIpc) is 2.29. The third kappa shape index (κ3) is 3.41. The van der Waals surface area contributed by atoms with E-state index in [2.05, 4.69) is 50.2 Å². The predicted molar refractivity (Wildman–Crippen MR) is 78.3 cm³/mol. The minimum Gasteiger partial charge on any atom is -0.376 e. The van der Waals surface area contributed by atoms with Crippen LogP contribution >= 0.6 is 12.2 Å². The number of nitrogens with zero attached hydrogens (tertiary/aromatic N) is 2. The lowest BCUT2D eigenvalue weighted by Crippen LogP contribution is -2.35. The summed E-state index contributed by atoms with van der Waals surface area (Å²) in [6.45, 7) is 5.01. The van der Waals surface area contributed by atoms with E-state index in [0.717, 1.165) is 12.2 Å². The standard InChI is InChI=1S/C13H21N3S/c1-5-16(13(14)17)12-8-6-11(7-9-12)10(2)15(3)4/h6-10H,5H2,1-4H3,(H2,14,17). The molecule has 0 heterocycles. The highest BCUT2D eigenvalue weighted by molar-refractivity contribution is 7.80. The van der Waals surface area contributed by atoms with Crippen LogP contribution in [0.2, 0.25) is 0 Å². The van der Waals surface area contributed by atoms with Gasteiger partial charge in [0.05, 0.1) is 0 Å². The molecule has 0 fully saturated rings. The van der Waals surface area contributed by atoms with E-state index in [1.807, 2.05) is 11.8 Å². The first-order chi connectivity index (χ1) is 7.97. The van der Waals surface area contributed by atoms with Gasteiger partial charge in [-0.1, -0.05) is 12.1 Å². The first-order valence-electron chi connectivity index (χ1n) is 5.80. The summed E-state index contributed by atoms with van der Waals surface area (Å²) in [6, 6.07) is 8.79. The number of hydrogen-bond acceptors (Lipinski definition) is 2. The number of benzene rings is 1. The van der Waals surface area contributed by atoms with Gasteiger partial charge in [0.15, 0.2) is 5.11 Å². The molecule has 1 rings (SSSR count). The topological polar surface area (TPSA) is 32.5 Å². The fraction of sp³-hybridized carbons (Fsp3) is 0.462. The molecule has 0 saturated heterocycles. The number of thiocarbonyl (C=S) groups is 1. The molecule has 17 heavy (non-hydrogen) atoms. The zero-order valence-corrected chi connectivity index (χ0v) is 11.8. The van der Waals surface area contributed by atoms with Crippen LogP contribution in [0.5, 0.6) is 0 Å². The molecule has 1 aromatic carbocycles. The minimum absolute atomic E-state index is 0.406. The van der Waals surface area contributed by atoms with Crippen LogP contribution in [0.4, 0.5) is 5.69 Å². The Balaban J connectivity index is 2.91. The van der Waals surface area contributed by atoms with Crippen molar-refractivity contribution in [1.82, 2.24) is 4.90 Å². The average molecular weight is 251 g/mol. The van der Waals surface area contributed by atoms with Crippen molar-refractivity contribution in [3.05, 3.63) is 29.8 Å². The summed E-state index contributed by atoms with van der Waals surface area (Å²) < 4.78 is 0. The van der Waals surface area contributed by atoms with Crippen LogP contribution in [-0.2, 0) is 0 Å². The fourth-order valence-electron chi connectivity index (χ4n) is 1.70. The number of rotatable bonds is 4. The second kappa shape index (κ2) is 5.98. The van der Waals surface area contributed by atoms with E-state index in [1.54, 1.807) is 0 Å². The molecule has 0 bridgehead atoms. The number of anilines is 1. The Labute approximate surface area is 109 Å². The lowest BCUT2D eigenvalue weighted by atomic mass is 10.1. The summed E-state index contributed by atoms with van der Waals surface area (Å²) in [4.78, 5) is 4.10. The summed E-state index contributed by atoms with van der Waals surface area (Å²) in [7, 11) is 4.15. The maximum Gasteiger partial charge on any atom is 0.170 e. The van der Waals surface area contributed by atoms with Gasteiger partial charge in [-0.3, -0.25) is 0 Å². The Hall–Kier alpha value is -1.13. The molecule has 4 heteroatoms. The Morgan fingerprint density at radius 3 is 2.18 bits per heavy atom. The van der Waals surface area contributed by atoms with Gasteiger partial charge < -0.3 is 15.5 Å². The van der Waals surface area contributed by atoms with Gasteiger partial charge in [0.25, 0.3) is 0 Å². The quantitative estimate of drug-likeness (QED) is 0.833. The summed E-state index contributed by atoms with van der Waals surface area (Å²) in [5, 5.41) is 0.418. The molecule has 0 amide bonds. The second-order valence-electron chi connectivity index (χ2n) is 4.31. The molecule has 1 aromatic rings. The van der Waals surface area contributed by atoms with E-state index in [4.69, 9.17) is 18.0 Å². The molecule has 2 N–H and O–H groups in total. The van der Waals surface area contributed by atoms with Gasteiger partial charge in [-0.15, -0.1) is 0 Å². The van der Waals surface area contributed by atoms with Crippen LogP contribution in [-0.4, -0.2) is 30.7 Å². The summed E-state index contributed by atoms with van der Waals surface area (Å²) >= 11 is 5.02. The van der Waals surface area contributed by atoms with Gasteiger partial charge in [-0.2, -0.15) is 0 Å². The Morgan fingerprint density at radius 2 is 1.82 bits per heavy atom. The molecule has 0 aliphatic rings. The molecule has 1 atom stereocenters. The molecule has 0 aromatic heterocycles. The highest BCUT2D eigenvalue weighted by Gasteiger charge is 2.10. The van der Waals surface area contributed by atoms with Gasteiger partial charge in [0.1, 0.15) is 0 Å². The van der Waals surface area contributed by atoms with Crippen molar-refractivity contribution in [2.45, 2.75) is 19.9 Å². The van der Waals surface area contributed by atoms with Crippen LogP contribution in [0.15, 0.2) is 24.3 Å². The van der Waals surface area contributed by atoms with Crippen molar-refractivity contribution < 1.29 is 0 Å². The third-order valence-corrected chi connectivity index (χ3v) is 3.26. The van der Waals surface area contributed by atoms with E-state index in [-0.39, 0.29) is 0 Å².